The van der Waals surface area contributed by atoms with Crippen molar-refractivity contribution in [2.24, 2.45) is 0 Å². The van der Waals surface area contributed by atoms with Crippen LogP contribution < -0.4 is 5.32 Å². The van der Waals surface area contributed by atoms with E-state index in [4.69, 9.17) is 4.42 Å². The zero-order chi connectivity index (χ0) is 12.3. The van der Waals surface area contributed by atoms with Crippen LogP contribution in [-0.2, 0) is 0 Å². The van der Waals surface area contributed by atoms with Gasteiger partial charge in [0.15, 0.2) is 0 Å². The number of carbonyl (C=O) groups is 1. The van der Waals surface area contributed by atoms with Crippen molar-refractivity contribution in [2.75, 3.05) is 6.54 Å². The molecule has 0 bridgehead atoms. The Morgan fingerprint density at radius 2 is 2.24 bits per heavy atom. The van der Waals surface area contributed by atoms with Gasteiger partial charge >= 0.3 is 0 Å². The van der Waals surface area contributed by atoms with Crippen LogP contribution in [0.1, 0.15) is 23.7 Å². The Morgan fingerprint density at radius 1 is 1.47 bits per heavy atom. The summed E-state index contributed by atoms with van der Waals surface area (Å²) in [6, 6.07) is 7.53. The predicted molar refractivity (Wildman–Crippen MR) is 71.6 cm³/mol. The molecule has 0 fully saturated rings. The van der Waals surface area contributed by atoms with Crippen LogP contribution in [0.25, 0.3) is 11.0 Å². The molecule has 4 heteroatoms. The Kier molecular flexibility index (Phi) is 3.84. The number of hydrogen-bond acceptors (Lipinski definition) is 2. The third-order valence-electron chi connectivity index (χ3n) is 2.55. The second-order valence-corrected chi connectivity index (χ2v) is 5.53. The lowest BCUT2D eigenvalue weighted by Gasteiger charge is -2.04. The molecule has 0 saturated heterocycles. The molecule has 1 unspecified atom stereocenters. The molecule has 1 heterocycles. The number of rotatable bonds is 4. The van der Waals surface area contributed by atoms with E-state index >= 15 is 0 Å². The molecule has 2 aromatic rings. The molecule has 1 amide bonds. The third-order valence-corrected chi connectivity index (χ3v) is 3.01. The minimum atomic E-state index is -0.0805. The van der Waals surface area contributed by atoms with E-state index in [1.165, 1.54) is 6.26 Å². The van der Waals surface area contributed by atoms with Crippen LogP contribution in [0.2, 0.25) is 0 Å². The lowest BCUT2D eigenvalue weighted by Crippen LogP contribution is -2.25. The van der Waals surface area contributed by atoms with Gasteiger partial charge in [0.2, 0.25) is 0 Å². The van der Waals surface area contributed by atoms with Crippen LogP contribution in [0.15, 0.2) is 34.9 Å². The summed E-state index contributed by atoms with van der Waals surface area (Å²) in [6.07, 6.45) is 2.42. The monoisotopic (exact) mass is 295 g/mol. The molecular formula is C13H14BrNO2. The van der Waals surface area contributed by atoms with E-state index in [2.05, 4.69) is 28.2 Å². The van der Waals surface area contributed by atoms with Gasteiger partial charge in [-0.15, -0.1) is 0 Å². The van der Waals surface area contributed by atoms with Gasteiger partial charge < -0.3 is 9.73 Å². The summed E-state index contributed by atoms with van der Waals surface area (Å²) in [6.45, 7) is 2.71. The smallest absolute Gasteiger partial charge is 0.255 e. The summed E-state index contributed by atoms with van der Waals surface area (Å²) >= 11 is 3.44. The topological polar surface area (TPSA) is 42.2 Å². The van der Waals surface area contributed by atoms with E-state index in [9.17, 15) is 4.79 Å². The number of halogens is 1. The molecule has 1 atom stereocenters. The van der Waals surface area contributed by atoms with Crippen molar-refractivity contribution in [3.8, 4) is 0 Å². The van der Waals surface area contributed by atoms with Gasteiger partial charge in [0.05, 0.1) is 5.56 Å². The van der Waals surface area contributed by atoms with Gasteiger partial charge in [-0.3, -0.25) is 4.79 Å². The zero-order valence-electron chi connectivity index (χ0n) is 9.57. The fourth-order valence-corrected chi connectivity index (χ4v) is 1.86. The first-order chi connectivity index (χ1) is 8.18. The molecule has 1 aromatic heterocycles. The molecule has 2 rings (SSSR count). The summed E-state index contributed by atoms with van der Waals surface area (Å²) in [5.41, 5.74) is 1.34. The lowest BCUT2D eigenvalue weighted by atomic mass is 10.1. The predicted octanol–water partition coefficient (Wildman–Crippen LogP) is 3.34. The molecule has 0 aliphatic carbocycles. The Bertz CT molecular complexity index is 519. The van der Waals surface area contributed by atoms with Crippen LogP contribution in [0.3, 0.4) is 0 Å². The second-order valence-electron chi connectivity index (χ2n) is 3.97. The number of alkyl halides is 1. The maximum atomic E-state index is 11.9. The standard InChI is InChI=1S/C13H14BrNO2/c1-9(14)6-7-15-13(16)11-8-17-12-5-3-2-4-10(11)12/h2-5,8-9H,6-7H2,1H3,(H,15,16). The Labute approximate surface area is 108 Å². The highest BCUT2D eigenvalue weighted by Gasteiger charge is 2.12. The lowest BCUT2D eigenvalue weighted by molar-refractivity contribution is 0.0954. The molecule has 1 aromatic carbocycles. The van der Waals surface area contributed by atoms with Crippen LogP contribution >= 0.6 is 15.9 Å². The van der Waals surface area contributed by atoms with Gasteiger partial charge in [-0.25, -0.2) is 0 Å². The molecule has 1 N–H and O–H groups in total. The second kappa shape index (κ2) is 5.36. The van der Waals surface area contributed by atoms with Gasteiger partial charge in [0, 0.05) is 16.8 Å². The number of amides is 1. The van der Waals surface area contributed by atoms with Gasteiger partial charge in [-0.05, 0) is 12.5 Å². The highest BCUT2D eigenvalue weighted by atomic mass is 79.9. The summed E-state index contributed by atoms with van der Waals surface area (Å²) in [5.74, 6) is -0.0805. The number of carbonyl (C=O) groups excluding carboxylic acids is 1. The number of benzene rings is 1. The highest BCUT2D eigenvalue weighted by molar-refractivity contribution is 9.09. The average molecular weight is 296 g/mol. The largest absolute Gasteiger partial charge is 0.463 e. The maximum absolute atomic E-state index is 11.9. The minimum Gasteiger partial charge on any atom is -0.463 e. The molecule has 0 radical (unpaired) electrons. The minimum absolute atomic E-state index is 0.0805. The van der Waals surface area contributed by atoms with Crippen molar-refractivity contribution in [3.05, 3.63) is 36.1 Å². The number of nitrogens with one attached hydrogen (secondary N) is 1. The molecule has 0 saturated carbocycles. The highest BCUT2D eigenvalue weighted by Crippen LogP contribution is 2.20. The fourth-order valence-electron chi connectivity index (χ4n) is 1.63. The number of hydrogen-bond donors (Lipinski definition) is 1. The number of para-hydroxylation sites is 1. The molecule has 17 heavy (non-hydrogen) atoms. The molecule has 0 aliphatic heterocycles. The molecule has 0 aliphatic rings. The zero-order valence-corrected chi connectivity index (χ0v) is 11.2. The first-order valence-electron chi connectivity index (χ1n) is 5.57. The summed E-state index contributed by atoms with van der Waals surface area (Å²) < 4.78 is 5.33. The van der Waals surface area contributed by atoms with Crippen molar-refractivity contribution < 1.29 is 9.21 Å². The maximum Gasteiger partial charge on any atom is 0.255 e. The van der Waals surface area contributed by atoms with Gasteiger partial charge in [-0.1, -0.05) is 41.1 Å². The molecule has 3 nitrogen and oxygen atoms in total. The van der Waals surface area contributed by atoms with Gasteiger partial charge in [0.25, 0.3) is 5.91 Å². The average Bonchev–Trinajstić information content (AvgIpc) is 2.72. The molecular weight excluding hydrogens is 282 g/mol. The quantitative estimate of drug-likeness (QED) is 0.879. The molecule has 90 valence electrons. The Balaban J connectivity index is 2.09. The van der Waals surface area contributed by atoms with Crippen LogP contribution in [0, 0.1) is 0 Å². The summed E-state index contributed by atoms with van der Waals surface area (Å²) in [7, 11) is 0. The van der Waals surface area contributed by atoms with Crippen LogP contribution in [0.4, 0.5) is 0 Å². The number of furan rings is 1. The van der Waals surface area contributed by atoms with Crippen molar-refractivity contribution in [3.63, 3.8) is 0 Å². The normalized spacial score (nSPS) is 12.6. The van der Waals surface area contributed by atoms with Crippen LogP contribution in [0.5, 0.6) is 0 Å². The van der Waals surface area contributed by atoms with E-state index < -0.39 is 0 Å². The van der Waals surface area contributed by atoms with E-state index in [-0.39, 0.29) is 5.91 Å². The fraction of sp³-hybridized carbons (Fsp3) is 0.308. The van der Waals surface area contributed by atoms with Crippen molar-refractivity contribution >= 4 is 32.8 Å². The van der Waals surface area contributed by atoms with E-state index in [1.54, 1.807) is 0 Å². The van der Waals surface area contributed by atoms with E-state index in [0.717, 1.165) is 17.4 Å². The van der Waals surface area contributed by atoms with Crippen LogP contribution in [-0.4, -0.2) is 17.3 Å². The first kappa shape index (κ1) is 12.2. The third kappa shape index (κ3) is 2.88. The SMILES string of the molecule is CC(Br)CCNC(=O)c1coc2ccccc12. The Hall–Kier alpha value is -1.29. The van der Waals surface area contributed by atoms with Gasteiger partial charge in [0.1, 0.15) is 11.8 Å². The number of fused-ring (bicyclic) bond motifs is 1. The van der Waals surface area contributed by atoms with Crippen molar-refractivity contribution in [2.45, 2.75) is 18.2 Å². The summed E-state index contributed by atoms with van der Waals surface area (Å²) in [5, 5.41) is 3.74. The van der Waals surface area contributed by atoms with Gasteiger partial charge in [-0.2, -0.15) is 0 Å². The molecule has 0 spiro atoms. The van der Waals surface area contributed by atoms with E-state index in [1.807, 2.05) is 24.3 Å². The summed E-state index contributed by atoms with van der Waals surface area (Å²) in [4.78, 5) is 12.3. The van der Waals surface area contributed by atoms with Crippen molar-refractivity contribution in [1.82, 2.24) is 5.32 Å². The first-order valence-corrected chi connectivity index (χ1v) is 6.48. The Morgan fingerprint density at radius 3 is 3.00 bits per heavy atom. The van der Waals surface area contributed by atoms with E-state index in [0.29, 0.717) is 16.9 Å². The van der Waals surface area contributed by atoms with Crippen molar-refractivity contribution in [1.29, 1.82) is 0 Å².